The Kier molecular flexibility index (Phi) is 5.16. The third-order valence-corrected chi connectivity index (χ3v) is 5.79. The van der Waals surface area contributed by atoms with E-state index in [2.05, 4.69) is 0 Å². The highest BCUT2D eigenvalue weighted by Gasteiger charge is 2.34. The third-order valence-electron chi connectivity index (χ3n) is 4.60. The molecule has 0 bridgehead atoms. The minimum atomic E-state index is -4.60. The van der Waals surface area contributed by atoms with Crippen molar-refractivity contribution >= 4 is 27.5 Å². The largest absolute Gasteiger partial charge is 0.478 e. The van der Waals surface area contributed by atoms with Crippen LogP contribution in [0, 0.1) is 0 Å². The van der Waals surface area contributed by atoms with E-state index in [1.807, 2.05) is 0 Å². The van der Waals surface area contributed by atoms with Crippen LogP contribution in [-0.4, -0.2) is 20.2 Å². The SMILES string of the molecule is CC(C)n1c(=O)n(C)c(=O)c2c(C(=O)O)c(Cc3ccccc3C(F)(F)F)sc21. The Bertz CT molecular complexity index is 1240. The molecule has 10 heteroatoms. The van der Waals surface area contributed by atoms with Gasteiger partial charge < -0.3 is 5.11 Å². The monoisotopic (exact) mass is 426 g/mol. The Balaban J connectivity index is 2.37. The first-order valence-electron chi connectivity index (χ1n) is 8.60. The van der Waals surface area contributed by atoms with Gasteiger partial charge in [-0.25, -0.2) is 9.59 Å². The molecule has 0 aliphatic heterocycles. The summed E-state index contributed by atoms with van der Waals surface area (Å²) in [5.41, 5.74) is -2.74. The van der Waals surface area contributed by atoms with Crippen molar-refractivity contribution in [1.82, 2.24) is 9.13 Å². The Labute approximate surface area is 166 Å². The fourth-order valence-corrected chi connectivity index (χ4v) is 4.70. The standard InChI is InChI=1S/C19H17F3N2O4S/c1-9(2)24-16-14(15(25)23(3)18(24)28)13(17(26)27)12(29-16)8-10-6-4-5-7-11(10)19(20,21)22/h4-7,9H,8H2,1-3H3,(H,26,27). The lowest BCUT2D eigenvalue weighted by atomic mass is 10.0. The van der Waals surface area contributed by atoms with Crippen LogP contribution < -0.4 is 11.2 Å². The molecule has 1 N–H and O–H groups in total. The molecule has 2 aromatic heterocycles. The van der Waals surface area contributed by atoms with Crippen molar-refractivity contribution in [3.8, 4) is 0 Å². The van der Waals surface area contributed by atoms with Crippen LogP contribution in [-0.2, 0) is 19.6 Å². The number of rotatable bonds is 4. The van der Waals surface area contributed by atoms with Crippen LogP contribution in [0.4, 0.5) is 13.2 Å². The number of carboxylic acid groups (broad SMARTS) is 1. The van der Waals surface area contributed by atoms with Gasteiger partial charge in [-0.1, -0.05) is 18.2 Å². The van der Waals surface area contributed by atoms with Gasteiger partial charge in [0, 0.05) is 24.4 Å². The van der Waals surface area contributed by atoms with Crippen molar-refractivity contribution in [2.24, 2.45) is 7.05 Å². The Morgan fingerprint density at radius 2 is 1.83 bits per heavy atom. The highest BCUT2D eigenvalue weighted by Crippen LogP contribution is 2.36. The lowest BCUT2D eigenvalue weighted by Crippen LogP contribution is -2.38. The lowest BCUT2D eigenvalue weighted by molar-refractivity contribution is -0.138. The molecule has 0 saturated carbocycles. The highest BCUT2D eigenvalue weighted by atomic mass is 32.1. The number of alkyl halides is 3. The zero-order valence-electron chi connectivity index (χ0n) is 15.7. The van der Waals surface area contributed by atoms with Crippen molar-refractivity contribution in [2.75, 3.05) is 0 Å². The summed E-state index contributed by atoms with van der Waals surface area (Å²) in [7, 11) is 1.24. The first-order valence-corrected chi connectivity index (χ1v) is 9.42. The van der Waals surface area contributed by atoms with E-state index < -0.39 is 29.0 Å². The van der Waals surface area contributed by atoms with Gasteiger partial charge in [0.1, 0.15) is 4.83 Å². The van der Waals surface area contributed by atoms with E-state index in [-0.39, 0.29) is 38.7 Å². The zero-order valence-corrected chi connectivity index (χ0v) is 16.5. The van der Waals surface area contributed by atoms with Crippen LogP contribution in [0.5, 0.6) is 0 Å². The molecule has 154 valence electrons. The molecule has 0 fully saturated rings. The quantitative estimate of drug-likeness (QED) is 0.691. The van der Waals surface area contributed by atoms with Crippen LogP contribution in [0.1, 0.15) is 46.3 Å². The van der Waals surface area contributed by atoms with E-state index in [1.165, 1.54) is 29.8 Å². The molecule has 0 unspecified atom stereocenters. The van der Waals surface area contributed by atoms with Crippen molar-refractivity contribution in [3.63, 3.8) is 0 Å². The summed E-state index contributed by atoms with van der Waals surface area (Å²) < 4.78 is 42.1. The van der Waals surface area contributed by atoms with Crippen LogP contribution in [0.25, 0.3) is 10.2 Å². The molecule has 0 radical (unpaired) electrons. The number of carboxylic acids is 1. The van der Waals surface area contributed by atoms with Crippen LogP contribution in [0.3, 0.4) is 0 Å². The fourth-order valence-electron chi connectivity index (χ4n) is 3.27. The second-order valence-corrected chi connectivity index (χ2v) is 7.91. The average molecular weight is 426 g/mol. The van der Waals surface area contributed by atoms with Gasteiger partial charge in [-0.15, -0.1) is 11.3 Å². The first-order chi connectivity index (χ1) is 13.4. The van der Waals surface area contributed by atoms with E-state index in [4.69, 9.17) is 0 Å². The molecule has 0 amide bonds. The average Bonchev–Trinajstić information content (AvgIpc) is 2.98. The third kappa shape index (κ3) is 3.48. The number of hydrogen-bond acceptors (Lipinski definition) is 4. The van der Waals surface area contributed by atoms with Gasteiger partial charge in [-0.05, 0) is 25.5 Å². The van der Waals surface area contributed by atoms with Crippen LogP contribution in [0.15, 0.2) is 33.9 Å². The van der Waals surface area contributed by atoms with E-state index in [0.29, 0.717) is 0 Å². The van der Waals surface area contributed by atoms with Crippen molar-refractivity contribution in [1.29, 1.82) is 0 Å². The first kappa shape index (κ1) is 20.8. The normalized spacial score (nSPS) is 12.1. The Hall–Kier alpha value is -2.88. The minimum Gasteiger partial charge on any atom is -0.478 e. The number of fused-ring (bicyclic) bond motifs is 1. The Morgan fingerprint density at radius 1 is 1.21 bits per heavy atom. The van der Waals surface area contributed by atoms with Crippen molar-refractivity contribution in [3.05, 3.63) is 66.7 Å². The molecule has 6 nitrogen and oxygen atoms in total. The zero-order chi connectivity index (χ0) is 21.7. The van der Waals surface area contributed by atoms with E-state index in [9.17, 15) is 32.7 Å². The molecule has 0 spiro atoms. The Morgan fingerprint density at radius 3 is 2.38 bits per heavy atom. The number of benzene rings is 1. The number of aromatic nitrogens is 2. The summed E-state index contributed by atoms with van der Waals surface area (Å²) in [6, 6.07) is 4.49. The van der Waals surface area contributed by atoms with Crippen LogP contribution in [0.2, 0.25) is 0 Å². The van der Waals surface area contributed by atoms with Gasteiger partial charge in [-0.3, -0.25) is 13.9 Å². The van der Waals surface area contributed by atoms with Crippen molar-refractivity contribution in [2.45, 2.75) is 32.5 Å². The predicted octanol–water partition coefficient (Wildman–Crippen LogP) is 3.65. The summed E-state index contributed by atoms with van der Waals surface area (Å²) >= 11 is 0.860. The molecule has 1 aromatic carbocycles. The van der Waals surface area contributed by atoms with E-state index in [1.54, 1.807) is 13.8 Å². The molecule has 0 saturated heterocycles. The molecule has 2 heterocycles. The van der Waals surface area contributed by atoms with Gasteiger partial charge in [0.25, 0.3) is 5.56 Å². The van der Waals surface area contributed by atoms with Gasteiger partial charge in [0.2, 0.25) is 0 Å². The summed E-state index contributed by atoms with van der Waals surface area (Å²) in [5, 5.41) is 9.55. The van der Waals surface area contributed by atoms with Crippen molar-refractivity contribution < 1.29 is 23.1 Å². The molecule has 3 rings (SSSR count). The summed E-state index contributed by atoms with van der Waals surface area (Å²) in [6.07, 6.45) is -4.93. The topological polar surface area (TPSA) is 81.3 Å². The molecule has 3 aromatic rings. The van der Waals surface area contributed by atoms with Gasteiger partial charge in [-0.2, -0.15) is 13.2 Å². The van der Waals surface area contributed by atoms with Gasteiger partial charge >= 0.3 is 17.8 Å². The number of aromatic carboxylic acids is 1. The maximum atomic E-state index is 13.3. The number of hydrogen-bond donors (Lipinski definition) is 1. The molecular weight excluding hydrogens is 409 g/mol. The maximum absolute atomic E-state index is 13.3. The number of carbonyl (C=O) groups is 1. The van der Waals surface area contributed by atoms with E-state index >= 15 is 0 Å². The smallest absolute Gasteiger partial charge is 0.416 e. The second kappa shape index (κ2) is 7.18. The number of nitrogens with zero attached hydrogens (tertiary/aromatic N) is 2. The molecule has 0 atom stereocenters. The minimum absolute atomic E-state index is 0.0845. The lowest BCUT2D eigenvalue weighted by Gasteiger charge is -2.12. The highest BCUT2D eigenvalue weighted by molar-refractivity contribution is 7.19. The summed E-state index contributed by atoms with van der Waals surface area (Å²) in [6.45, 7) is 3.40. The van der Waals surface area contributed by atoms with Gasteiger partial charge in [0.15, 0.2) is 0 Å². The molecule has 29 heavy (non-hydrogen) atoms. The molecular formula is C19H17F3N2O4S. The molecule has 0 aliphatic rings. The summed E-state index contributed by atoms with van der Waals surface area (Å²) in [4.78, 5) is 37.3. The maximum Gasteiger partial charge on any atom is 0.416 e. The fraction of sp³-hybridized carbons (Fsp3) is 0.316. The van der Waals surface area contributed by atoms with E-state index in [0.717, 1.165) is 22.0 Å². The second-order valence-electron chi connectivity index (χ2n) is 6.83. The summed E-state index contributed by atoms with van der Waals surface area (Å²) in [5.74, 6) is -1.43. The van der Waals surface area contributed by atoms with Crippen LogP contribution >= 0.6 is 11.3 Å². The van der Waals surface area contributed by atoms with Gasteiger partial charge in [0.05, 0.1) is 16.5 Å². The predicted molar refractivity (Wildman–Crippen MR) is 103 cm³/mol. The number of thiophene rings is 1. The number of halogens is 3. The molecule has 0 aliphatic carbocycles.